The number of primary sulfonamides is 1. The van der Waals surface area contributed by atoms with Crippen LogP contribution >= 0.6 is 0 Å². The maximum absolute atomic E-state index is 12.5. The van der Waals surface area contributed by atoms with E-state index < -0.39 is 22.7 Å². The third kappa shape index (κ3) is 4.89. The Hall–Kier alpha value is -1.48. The van der Waals surface area contributed by atoms with Crippen LogP contribution in [0.3, 0.4) is 0 Å². The van der Waals surface area contributed by atoms with Crippen LogP contribution in [0.25, 0.3) is 0 Å². The molecule has 0 saturated carbocycles. The van der Waals surface area contributed by atoms with Crippen molar-refractivity contribution in [1.29, 1.82) is 0 Å². The molecule has 0 aromatic heterocycles. The molecule has 1 aromatic rings. The standard InChI is InChI=1S/C11H16F3N3O2S/c1-2-3-17(7-11(12,13)14)9-4-8(15)5-10(6-9)20(16,18)19/h4-6H,2-3,7,15H2,1H3,(H2,16,18,19). The molecule has 0 fully saturated rings. The van der Waals surface area contributed by atoms with Crippen molar-refractivity contribution in [3.05, 3.63) is 18.2 Å². The first kappa shape index (κ1) is 16.6. The smallest absolute Gasteiger partial charge is 0.399 e. The van der Waals surface area contributed by atoms with Crippen LogP contribution in [0, 0.1) is 0 Å². The number of nitrogen functional groups attached to an aromatic ring is 1. The molecule has 0 unspecified atom stereocenters. The monoisotopic (exact) mass is 311 g/mol. The van der Waals surface area contributed by atoms with Gasteiger partial charge in [0.25, 0.3) is 0 Å². The van der Waals surface area contributed by atoms with Crippen molar-refractivity contribution in [3.63, 3.8) is 0 Å². The number of benzene rings is 1. The second-order valence-electron chi connectivity index (χ2n) is 4.34. The van der Waals surface area contributed by atoms with Crippen molar-refractivity contribution in [2.75, 3.05) is 23.7 Å². The van der Waals surface area contributed by atoms with Gasteiger partial charge in [-0.3, -0.25) is 0 Å². The maximum atomic E-state index is 12.5. The van der Waals surface area contributed by atoms with E-state index >= 15 is 0 Å². The molecule has 0 bridgehead atoms. The molecule has 0 radical (unpaired) electrons. The van der Waals surface area contributed by atoms with Crippen molar-refractivity contribution >= 4 is 21.4 Å². The number of halogens is 3. The molecular weight excluding hydrogens is 295 g/mol. The molecular formula is C11H16F3N3O2S. The van der Waals surface area contributed by atoms with Crippen molar-refractivity contribution in [3.8, 4) is 0 Å². The summed E-state index contributed by atoms with van der Waals surface area (Å²) in [6.45, 7) is 0.650. The summed E-state index contributed by atoms with van der Waals surface area (Å²) in [5.41, 5.74) is 5.64. The molecule has 0 atom stereocenters. The van der Waals surface area contributed by atoms with Crippen LogP contribution in [0.15, 0.2) is 23.1 Å². The highest BCUT2D eigenvalue weighted by Crippen LogP contribution is 2.26. The molecule has 0 spiro atoms. The molecule has 4 N–H and O–H groups in total. The molecule has 20 heavy (non-hydrogen) atoms. The molecule has 5 nitrogen and oxygen atoms in total. The molecule has 0 heterocycles. The summed E-state index contributed by atoms with van der Waals surface area (Å²) in [6.07, 6.45) is -3.93. The van der Waals surface area contributed by atoms with E-state index in [2.05, 4.69) is 0 Å². The molecule has 1 aromatic carbocycles. The number of nitrogens with zero attached hydrogens (tertiary/aromatic N) is 1. The van der Waals surface area contributed by atoms with Crippen LogP contribution in [0.2, 0.25) is 0 Å². The molecule has 114 valence electrons. The third-order valence-electron chi connectivity index (χ3n) is 2.47. The molecule has 0 aliphatic heterocycles. The first-order chi connectivity index (χ1) is 9.03. The highest BCUT2D eigenvalue weighted by Gasteiger charge is 2.31. The van der Waals surface area contributed by atoms with E-state index in [1.165, 1.54) is 6.07 Å². The molecule has 0 aliphatic rings. The van der Waals surface area contributed by atoms with Gasteiger partial charge in [-0.1, -0.05) is 6.92 Å². The fourth-order valence-electron chi connectivity index (χ4n) is 1.74. The number of hydrogen-bond donors (Lipinski definition) is 2. The van der Waals surface area contributed by atoms with Crippen LogP contribution in [0.4, 0.5) is 24.5 Å². The second-order valence-corrected chi connectivity index (χ2v) is 5.90. The van der Waals surface area contributed by atoms with Gasteiger partial charge in [0, 0.05) is 17.9 Å². The van der Waals surface area contributed by atoms with E-state index in [9.17, 15) is 21.6 Å². The fraction of sp³-hybridized carbons (Fsp3) is 0.455. The van der Waals surface area contributed by atoms with E-state index in [1.54, 1.807) is 6.92 Å². The predicted molar refractivity (Wildman–Crippen MR) is 70.8 cm³/mol. The van der Waals surface area contributed by atoms with Crippen LogP contribution in [0.1, 0.15) is 13.3 Å². The largest absolute Gasteiger partial charge is 0.405 e. The summed E-state index contributed by atoms with van der Waals surface area (Å²) in [5.74, 6) is 0. The average molecular weight is 311 g/mol. The molecule has 9 heteroatoms. The summed E-state index contributed by atoms with van der Waals surface area (Å²) >= 11 is 0. The summed E-state index contributed by atoms with van der Waals surface area (Å²) in [7, 11) is -4.03. The Balaban J connectivity index is 3.23. The number of rotatable bonds is 5. The van der Waals surface area contributed by atoms with Crippen molar-refractivity contribution in [2.24, 2.45) is 5.14 Å². The Labute approximate surface area is 115 Å². The zero-order valence-corrected chi connectivity index (χ0v) is 11.6. The zero-order chi connectivity index (χ0) is 15.6. The van der Waals surface area contributed by atoms with Crippen LogP contribution < -0.4 is 15.8 Å². The van der Waals surface area contributed by atoms with E-state index in [0.29, 0.717) is 6.42 Å². The number of hydrogen-bond acceptors (Lipinski definition) is 4. The first-order valence-electron chi connectivity index (χ1n) is 5.78. The van der Waals surface area contributed by atoms with Crippen LogP contribution in [0.5, 0.6) is 0 Å². The lowest BCUT2D eigenvalue weighted by Gasteiger charge is -2.26. The lowest BCUT2D eigenvalue weighted by atomic mass is 10.2. The van der Waals surface area contributed by atoms with Crippen molar-refractivity contribution < 1.29 is 21.6 Å². The van der Waals surface area contributed by atoms with E-state index in [-0.39, 0.29) is 22.8 Å². The number of anilines is 2. The van der Waals surface area contributed by atoms with Gasteiger partial charge in [0.05, 0.1) is 4.90 Å². The van der Waals surface area contributed by atoms with E-state index in [0.717, 1.165) is 17.0 Å². The topological polar surface area (TPSA) is 89.4 Å². The summed E-state index contributed by atoms with van der Waals surface area (Å²) < 4.78 is 60.2. The highest BCUT2D eigenvalue weighted by molar-refractivity contribution is 7.89. The predicted octanol–water partition coefficient (Wildman–Crippen LogP) is 1.69. The Morgan fingerprint density at radius 3 is 2.30 bits per heavy atom. The van der Waals surface area contributed by atoms with Crippen molar-refractivity contribution in [1.82, 2.24) is 0 Å². The van der Waals surface area contributed by atoms with E-state index in [4.69, 9.17) is 10.9 Å². The fourth-order valence-corrected chi connectivity index (χ4v) is 2.32. The highest BCUT2D eigenvalue weighted by atomic mass is 32.2. The number of nitrogens with two attached hydrogens (primary N) is 2. The first-order valence-corrected chi connectivity index (χ1v) is 7.32. The van der Waals surface area contributed by atoms with E-state index in [1.807, 2.05) is 0 Å². The maximum Gasteiger partial charge on any atom is 0.405 e. The summed E-state index contributed by atoms with van der Waals surface area (Å²) in [4.78, 5) is 0.709. The second kappa shape index (κ2) is 5.88. The molecule has 1 rings (SSSR count). The van der Waals surface area contributed by atoms with Gasteiger partial charge in [-0.25, -0.2) is 13.6 Å². The molecule has 0 saturated heterocycles. The number of alkyl halides is 3. The summed E-state index contributed by atoms with van der Waals surface area (Å²) in [6, 6.07) is 3.49. The minimum atomic E-state index is -4.40. The Morgan fingerprint density at radius 2 is 1.85 bits per heavy atom. The Morgan fingerprint density at radius 1 is 1.25 bits per heavy atom. The normalized spacial score (nSPS) is 12.4. The van der Waals surface area contributed by atoms with Gasteiger partial charge < -0.3 is 10.6 Å². The van der Waals surface area contributed by atoms with Crippen LogP contribution in [-0.2, 0) is 10.0 Å². The molecule has 0 aliphatic carbocycles. The minimum absolute atomic E-state index is 0.0369. The van der Waals surface area contributed by atoms with Gasteiger partial charge in [0.2, 0.25) is 10.0 Å². The Kier molecular flexibility index (Phi) is 4.87. The van der Waals surface area contributed by atoms with Crippen molar-refractivity contribution in [2.45, 2.75) is 24.4 Å². The third-order valence-corrected chi connectivity index (χ3v) is 3.36. The van der Waals surface area contributed by atoms with Gasteiger partial charge in [0.15, 0.2) is 0 Å². The quantitative estimate of drug-likeness (QED) is 0.810. The van der Waals surface area contributed by atoms with Gasteiger partial charge in [-0.05, 0) is 24.6 Å². The zero-order valence-electron chi connectivity index (χ0n) is 10.8. The van der Waals surface area contributed by atoms with Gasteiger partial charge in [-0.2, -0.15) is 13.2 Å². The minimum Gasteiger partial charge on any atom is -0.399 e. The summed E-state index contributed by atoms with van der Waals surface area (Å²) in [5, 5.41) is 4.97. The lowest BCUT2D eigenvalue weighted by Crippen LogP contribution is -2.35. The van der Waals surface area contributed by atoms with Crippen LogP contribution in [-0.4, -0.2) is 27.7 Å². The Bertz CT molecular complexity index is 573. The SMILES string of the molecule is CCCN(CC(F)(F)F)c1cc(N)cc(S(N)(=O)=O)c1. The average Bonchev–Trinajstić information content (AvgIpc) is 2.24. The van der Waals surface area contributed by atoms with Gasteiger partial charge in [-0.15, -0.1) is 0 Å². The lowest BCUT2D eigenvalue weighted by molar-refractivity contribution is -0.119. The number of sulfonamides is 1. The van der Waals surface area contributed by atoms with Gasteiger partial charge >= 0.3 is 6.18 Å². The molecule has 0 amide bonds. The van der Waals surface area contributed by atoms with Gasteiger partial charge in [0.1, 0.15) is 6.54 Å².